The molecule has 1 aromatic heterocycles. The van der Waals surface area contributed by atoms with Crippen molar-refractivity contribution in [2.45, 2.75) is 43.4 Å². The first-order chi connectivity index (χ1) is 13.5. The first-order valence-corrected chi connectivity index (χ1v) is 12.3. The fraction of sp³-hybridized carbons (Fsp3) is 0.524. The Morgan fingerprint density at radius 1 is 1.07 bits per heavy atom. The summed E-state index contributed by atoms with van der Waals surface area (Å²) in [6, 6.07) is 8.34. The molecule has 7 heteroatoms. The van der Waals surface area contributed by atoms with E-state index in [0.29, 0.717) is 22.9 Å². The summed E-state index contributed by atoms with van der Waals surface area (Å²) in [6.45, 7) is -0.114. The molecule has 4 bridgehead atoms. The van der Waals surface area contributed by atoms with Crippen LogP contribution in [0.4, 0.5) is 5.13 Å². The lowest BCUT2D eigenvalue weighted by atomic mass is 9.48. The van der Waals surface area contributed by atoms with Gasteiger partial charge in [0.1, 0.15) is 0 Å². The molecule has 0 N–H and O–H groups in total. The first-order valence-electron chi connectivity index (χ1n) is 9.97. The Labute approximate surface area is 169 Å². The van der Waals surface area contributed by atoms with Crippen LogP contribution >= 0.6 is 11.3 Å². The third kappa shape index (κ3) is 2.99. The van der Waals surface area contributed by atoms with E-state index in [1.807, 2.05) is 0 Å². The Kier molecular flexibility index (Phi) is 4.36. The predicted octanol–water partition coefficient (Wildman–Crippen LogP) is 4.12. The molecule has 0 spiro atoms. The molecule has 4 fully saturated rings. The van der Waals surface area contributed by atoms with E-state index in [2.05, 4.69) is 4.98 Å². The van der Waals surface area contributed by atoms with E-state index in [-0.39, 0.29) is 22.6 Å². The Balaban J connectivity index is 1.47. The third-order valence-corrected chi connectivity index (χ3v) is 9.54. The minimum Gasteiger partial charge on any atom is -0.297 e. The Morgan fingerprint density at radius 2 is 1.68 bits per heavy atom. The van der Waals surface area contributed by atoms with Gasteiger partial charge in [0.05, 0.1) is 11.4 Å². The maximum Gasteiger partial charge on any atom is 0.266 e. The number of nitrogens with zero attached hydrogens (tertiary/aromatic N) is 2. The second-order valence-corrected chi connectivity index (χ2v) is 11.5. The number of aromatic nitrogens is 1. The molecule has 5 nitrogen and oxygen atoms in total. The highest BCUT2D eigenvalue weighted by Gasteiger charge is 2.54. The molecule has 4 saturated carbocycles. The van der Waals surface area contributed by atoms with Crippen LogP contribution in [0.25, 0.3) is 0 Å². The normalized spacial score (nSPS) is 31.1. The highest BCUT2D eigenvalue weighted by atomic mass is 32.2. The number of anilines is 1. The summed E-state index contributed by atoms with van der Waals surface area (Å²) in [4.78, 5) is 18.0. The van der Waals surface area contributed by atoms with Crippen LogP contribution in [0.1, 0.15) is 38.5 Å². The van der Waals surface area contributed by atoms with Crippen LogP contribution in [0.3, 0.4) is 0 Å². The number of Topliss-reactive ketones (excluding diaryl/α,β-unsaturated/α-hetero) is 1. The van der Waals surface area contributed by atoms with E-state index in [9.17, 15) is 13.2 Å². The molecule has 6 rings (SSSR count). The fourth-order valence-corrected chi connectivity index (χ4v) is 8.33. The van der Waals surface area contributed by atoms with Crippen molar-refractivity contribution < 1.29 is 13.2 Å². The van der Waals surface area contributed by atoms with E-state index in [0.717, 1.165) is 19.3 Å². The van der Waals surface area contributed by atoms with Gasteiger partial charge in [0.25, 0.3) is 10.0 Å². The van der Waals surface area contributed by atoms with Crippen molar-refractivity contribution in [3.05, 3.63) is 41.9 Å². The van der Waals surface area contributed by atoms with Gasteiger partial charge in [0.2, 0.25) is 0 Å². The number of hydrogen-bond acceptors (Lipinski definition) is 5. The molecule has 28 heavy (non-hydrogen) atoms. The van der Waals surface area contributed by atoms with Crippen LogP contribution in [0.5, 0.6) is 0 Å². The average molecular weight is 417 g/mol. The molecular weight excluding hydrogens is 392 g/mol. The van der Waals surface area contributed by atoms with Gasteiger partial charge < -0.3 is 0 Å². The number of rotatable bonds is 6. The maximum absolute atomic E-state index is 13.6. The summed E-state index contributed by atoms with van der Waals surface area (Å²) in [7, 11) is -3.83. The fourth-order valence-electron chi connectivity index (χ4n) is 6.06. The highest BCUT2D eigenvalue weighted by Crippen LogP contribution is 2.60. The second kappa shape index (κ2) is 6.66. The second-order valence-electron chi connectivity index (χ2n) is 8.76. The molecule has 0 unspecified atom stereocenters. The monoisotopic (exact) mass is 416 g/mol. The van der Waals surface area contributed by atoms with Gasteiger partial charge in [-0.1, -0.05) is 18.2 Å². The molecule has 2 aromatic rings. The molecule has 1 aromatic carbocycles. The molecule has 0 amide bonds. The van der Waals surface area contributed by atoms with Crippen LogP contribution in [-0.4, -0.2) is 25.7 Å². The zero-order chi connectivity index (χ0) is 19.4. The molecule has 4 aliphatic rings. The van der Waals surface area contributed by atoms with Crippen molar-refractivity contribution >= 4 is 32.3 Å². The van der Waals surface area contributed by atoms with Crippen LogP contribution in [0.15, 0.2) is 46.8 Å². The van der Waals surface area contributed by atoms with Crippen molar-refractivity contribution in [2.75, 3.05) is 10.8 Å². The van der Waals surface area contributed by atoms with Gasteiger partial charge in [-0.2, -0.15) is 0 Å². The standard InChI is InChI=1S/C21H24N2O3S2/c24-19(21-11-15-8-16(12-21)10-17(9-15)13-21)14-23(20-22-6-7-27-20)28(25,26)18-4-2-1-3-5-18/h1-7,15-17H,8-14H2. The lowest BCUT2D eigenvalue weighted by Crippen LogP contribution is -2.53. The number of thiazole rings is 1. The molecule has 4 aliphatic carbocycles. The summed E-state index contributed by atoms with van der Waals surface area (Å²) >= 11 is 1.26. The van der Waals surface area contributed by atoms with E-state index in [4.69, 9.17) is 0 Å². The number of carbonyl (C=O) groups is 1. The number of carbonyl (C=O) groups excluding carboxylic acids is 1. The zero-order valence-corrected chi connectivity index (χ0v) is 17.3. The summed E-state index contributed by atoms with van der Waals surface area (Å²) in [6.07, 6.45) is 8.17. The van der Waals surface area contributed by atoms with Gasteiger partial charge in [-0.25, -0.2) is 17.7 Å². The van der Waals surface area contributed by atoms with Crippen molar-refractivity contribution in [2.24, 2.45) is 23.2 Å². The molecular formula is C21H24N2O3S2. The average Bonchev–Trinajstić information content (AvgIpc) is 3.19. The van der Waals surface area contributed by atoms with E-state index in [1.54, 1.807) is 41.9 Å². The molecule has 0 atom stereocenters. The van der Waals surface area contributed by atoms with Crippen LogP contribution in [0, 0.1) is 23.2 Å². The van der Waals surface area contributed by atoms with E-state index >= 15 is 0 Å². The van der Waals surface area contributed by atoms with E-state index in [1.165, 1.54) is 34.9 Å². The summed E-state index contributed by atoms with van der Waals surface area (Å²) < 4.78 is 27.9. The lowest BCUT2D eigenvalue weighted by Gasteiger charge is -2.56. The topological polar surface area (TPSA) is 67.3 Å². The van der Waals surface area contributed by atoms with Gasteiger partial charge in [0, 0.05) is 17.0 Å². The van der Waals surface area contributed by atoms with Crippen molar-refractivity contribution in [1.82, 2.24) is 4.98 Å². The SMILES string of the molecule is O=C(CN(c1nccs1)S(=O)(=O)c1ccccc1)C12CC3CC(CC(C3)C1)C2. The summed E-state index contributed by atoms with van der Waals surface area (Å²) in [5.74, 6) is 2.03. The van der Waals surface area contributed by atoms with Gasteiger partial charge in [-0.15, -0.1) is 11.3 Å². The minimum absolute atomic E-state index is 0.0845. The minimum atomic E-state index is -3.83. The summed E-state index contributed by atoms with van der Waals surface area (Å²) in [5, 5.41) is 2.11. The largest absolute Gasteiger partial charge is 0.297 e. The Hall–Kier alpha value is -1.73. The quantitative estimate of drug-likeness (QED) is 0.710. The first kappa shape index (κ1) is 18.3. The van der Waals surface area contributed by atoms with Crippen molar-refractivity contribution in [1.29, 1.82) is 0 Å². The van der Waals surface area contributed by atoms with Gasteiger partial charge in [-0.05, 0) is 68.4 Å². The smallest absolute Gasteiger partial charge is 0.266 e. The molecule has 1 heterocycles. The van der Waals surface area contributed by atoms with Crippen LogP contribution < -0.4 is 4.31 Å². The molecule has 0 saturated heterocycles. The van der Waals surface area contributed by atoms with Gasteiger partial charge in [0.15, 0.2) is 10.9 Å². The number of sulfonamides is 1. The number of benzene rings is 1. The maximum atomic E-state index is 13.6. The van der Waals surface area contributed by atoms with Crippen LogP contribution in [-0.2, 0) is 14.8 Å². The Bertz CT molecular complexity index is 935. The number of hydrogen-bond donors (Lipinski definition) is 0. The van der Waals surface area contributed by atoms with Crippen molar-refractivity contribution in [3.63, 3.8) is 0 Å². The molecule has 0 aliphatic heterocycles. The summed E-state index contributed by atoms with van der Waals surface area (Å²) in [5.41, 5.74) is -0.323. The zero-order valence-electron chi connectivity index (χ0n) is 15.7. The van der Waals surface area contributed by atoms with Gasteiger partial charge >= 0.3 is 0 Å². The van der Waals surface area contributed by atoms with E-state index < -0.39 is 10.0 Å². The van der Waals surface area contributed by atoms with Crippen LogP contribution in [0.2, 0.25) is 0 Å². The number of ketones is 1. The third-order valence-electron chi connectivity index (χ3n) is 6.88. The Morgan fingerprint density at radius 3 is 2.21 bits per heavy atom. The molecule has 0 radical (unpaired) electrons. The molecule has 148 valence electrons. The van der Waals surface area contributed by atoms with Gasteiger partial charge in [-0.3, -0.25) is 4.79 Å². The van der Waals surface area contributed by atoms with Crippen molar-refractivity contribution in [3.8, 4) is 0 Å². The highest BCUT2D eigenvalue weighted by molar-refractivity contribution is 7.93. The predicted molar refractivity (Wildman–Crippen MR) is 109 cm³/mol. The lowest BCUT2D eigenvalue weighted by molar-refractivity contribution is -0.142.